The average molecular weight is 301 g/mol. The van der Waals surface area contributed by atoms with Crippen molar-refractivity contribution in [2.45, 2.75) is 25.9 Å². The van der Waals surface area contributed by atoms with E-state index in [1.165, 1.54) is 0 Å². The van der Waals surface area contributed by atoms with Gasteiger partial charge in [-0.05, 0) is 50.2 Å². The van der Waals surface area contributed by atoms with Gasteiger partial charge in [0.25, 0.3) is 0 Å². The highest BCUT2D eigenvalue weighted by molar-refractivity contribution is 5.50. The lowest BCUT2D eigenvalue weighted by atomic mass is 10.1. The molecule has 2 aromatic carbocycles. The van der Waals surface area contributed by atoms with Gasteiger partial charge >= 0.3 is 0 Å². The van der Waals surface area contributed by atoms with Crippen molar-refractivity contribution in [2.75, 3.05) is 18.1 Å². The predicted octanol–water partition coefficient (Wildman–Crippen LogP) is 3.05. The number of hydrogen-bond acceptors (Lipinski definition) is 4. The number of aliphatic hydroxyl groups is 1. The zero-order chi connectivity index (χ0) is 15.9. The minimum atomic E-state index is -0.0427. The lowest BCUT2D eigenvalue weighted by Crippen LogP contribution is -2.45. The lowest BCUT2D eigenvalue weighted by Gasteiger charge is -2.35. The molecule has 0 aromatic heterocycles. The number of phenols is 1. The second-order valence-electron chi connectivity index (χ2n) is 5.43. The van der Waals surface area contributed by atoms with E-state index < -0.39 is 0 Å². The van der Waals surface area contributed by atoms with Crippen molar-refractivity contribution in [2.24, 2.45) is 0 Å². The first-order valence-electron chi connectivity index (χ1n) is 7.48. The Kier molecular flexibility index (Phi) is 5.67. The van der Waals surface area contributed by atoms with Crippen molar-refractivity contribution in [1.29, 1.82) is 0 Å². The van der Waals surface area contributed by atoms with Crippen molar-refractivity contribution < 1.29 is 14.9 Å². The Bertz CT molecular complexity index is 556. The number of hydrogen-bond donors (Lipinski definition) is 2. The monoisotopic (exact) mass is 301 g/mol. The number of benzene rings is 2. The van der Waals surface area contributed by atoms with E-state index >= 15 is 0 Å². The second-order valence-corrected chi connectivity index (χ2v) is 5.43. The molecule has 0 saturated carbocycles. The lowest BCUT2D eigenvalue weighted by molar-refractivity contribution is 0.240. The fourth-order valence-electron chi connectivity index (χ4n) is 2.47. The van der Waals surface area contributed by atoms with E-state index in [1.54, 1.807) is 12.1 Å². The highest BCUT2D eigenvalue weighted by Crippen LogP contribution is 2.23. The molecular formula is C18H23NO3. The Morgan fingerprint density at radius 1 is 0.955 bits per heavy atom. The smallest absolute Gasteiger partial charge is 0.119 e. The summed E-state index contributed by atoms with van der Waals surface area (Å²) in [6.45, 7) is 4.58. The van der Waals surface area contributed by atoms with Crippen LogP contribution in [-0.2, 0) is 0 Å². The van der Waals surface area contributed by atoms with Crippen molar-refractivity contribution in [3.05, 3.63) is 54.6 Å². The van der Waals surface area contributed by atoms with Crippen LogP contribution in [0.25, 0.3) is 0 Å². The second kappa shape index (κ2) is 7.71. The number of ether oxygens (including phenoxy) is 1. The topological polar surface area (TPSA) is 52.9 Å². The molecule has 0 aliphatic heterocycles. The highest BCUT2D eigenvalue weighted by atomic mass is 16.5. The van der Waals surface area contributed by atoms with Gasteiger partial charge in [0.2, 0.25) is 0 Å². The number of para-hydroxylation sites is 1. The van der Waals surface area contributed by atoms with Gasteiger partial charge in [0.05, 0.1) is 12.6 Å². The standard InChI is InChI=1S/C18H23NO3/c1-14(12-20)19(16-8-10-17(21)11-9-16)15(2)13-22-18-6-4-3-5-7-18/h3-11,14-15,20-21H,12-13H2,1-2H3. The van der Waals surface area contributed by atoms with Crippen LogP contribution in [0.4, 0.5) is 5.69 Å². The van der Waals surface area contributed by atoms with E-state index in [-0.39, 0.29) is 24.4 Å². The number of phenolic OH excluding ortho intramolecular Hbond substituents is 1. The molecule has 2 unspecified atom stereocenters. The molecule has 0 spiro atoms. The number of anilines is 1. The zero-order valence-corrected chi connectivity index (χ0v) is 13.0. The molecule has 118 valence electrons. The third-order valence-corrected chi connectivity index (χ3v) is 3.60. The van der Waals surface area contributed by atoms with Gasteiger partial charge in [0.1, 0.15) is 18.1 Å². The quantitative estimate of drug-likeness (QED) is 0.825. The minimum Gasteiger partial charge on any atom is -0.508 e. The number of rotatable bonds is 7. The van der Waals surface area contributed by atoms with Crippen LogP contribution in [-0.4, -0.2) is 35.5 Å². The molecule has 4 heteroatoms. The summed E-state index contributed by atoms with van der Waals surface area (Å²) in [4.78, 5) is 2.10. The van der Waals surface area contributed by atoms with Crippen molar-refractivity contribution >= 4 is 5.69 Å². The Hall–Kier alpha value is -2.20. The largest absolute Gasteiger partial charge is 0.508 e. The van der Waals surface area contributed by atoms with E-state index in [1.807, 2.05) is 49.4 Å². The number of aliphatic hydroxyl groups excluding tert-OH is 1. The summed E-state index contributed by atoms with van der Waals surface area (Å²) in [6.07, 6.45) is 0. The van der Waals surface area contributed by atoms with Gasteiger partial charge < -0.3 is 19.8 Å². The molecule has 0 amide bonds. The van der Waals surface area contributed by atoms with Gasteiger partial charge in [-0.2, -0.15) is 0 Å². The van der Waals surface area contributed by atoms with Gasteiger partial charge in [-0.3, -0.25) is 0 Å². The van der Waals surface area contributed by atoms with Crippen molar-refractivity contribution in [3.63, 3.8) is 0 Å². The van der Waals surface area contributed by atoms with E-state index in [9.17, 15) is 10.2 Å². The average Bonchev–Trinajstić information content (AvgIpc) is 2.55. The first-order chi connectivity index (χ1) is 10.6. The third-order valence-electron chi connectivity index (χ3n) is 3.60. The van der Waals surface area contributed by atoms with Crippen LogP contribution in [0.2, 0.25) is 0 Å². The third kappa shape index (κ3) is 4.15. The first-order valence-corrected chi connectivity index (χ1v) is 7.48. The molecule has 2 N–H and O–H groups in total. The molecule has 2 aromatic rings. The van der Waals surface area contributed by atoms with E-state index in [0.717, 1.165) is 11.4 Å². The molecule has 2 atom stereocenters. The van der Waals surface area contributed by atoms with E-state index in [0.29, 0.717) is 6.61 Å². The van der Waals surface area contributed by atoms with E-state index in [4.69, 9.17) is 4.74 Å². The summed E-state index contributed by atoms with van der Waals surface area (Å²) in [7, 11) is 0. The molecule has 0 radical (unpaired) electrons. The summed E-state index contributed by atoms with van der Waals surface area (Å²) < 4.78 is 5.82. The first kappa shape index (κ1) is 16.2. The normalized spacial score (nSPS) is 13.4. The summed E-state index contributed by atoms with van der Waals surface area (Å²) in [6, 6.07) is 16.7. The SMILES string of the molecule is CC(CO)N(c1ccc(O)cc1)C(C)COc1ccccc1. The van der Waals surface area contributed by atoms with Crippen LogP contribution < -0.4 is 9.64 Å². The van der Waals surface area contributed by atoms with E-state index in [2.05, 4.69) is 11.8 Å². The molecule has 0 fully saturated rings. The Balaban J connectivity index is 2.09. The maximum Gasteiger partial charge on any atom is 0.119 e. The number of nitrogens with zero attached hydrogens (tertiary/aromatic N) is 1. The Labute approximate surface area is 131 Å². The molecule has 2 rings (SSSR count). The van der Waals surface area contributed by atoms with Crippen LogP contribution in [0, 0.1) is 0 Å². The summed E-state index contributed by atoms with van der Waals surface area (Å²) in [5, 5.41) is 19.0. The summed E-state index contributed by atoms with van der Waals surface area (Å²) in [5.41, 5.74) is 0.948. The predicted molar refractivity (Wildman–Crippen MR) is 88.5 cm³/mol. The molecular weight excluding hydrogens is 278 g/mol. The zero-order valence-electron chi connectivity index (χ0n) is 13.0. The van der Waals surface area contributed by atoms with Gasteiger partial charge in [-0.25, -0.2) is 0 Å². The molecule has 22 heavy (non-hydrogen) atoms. The van der Waals surface area contributed by atoms with Crippen LogP contribution in [0.3, 0.4) is 0 Å². The fraction of sp³-hybridized carbons (Fsp3) is 0.333. The molecule has 0 heterocycles. The van der Waals surface area contributed by atoms with Crippen LogP contribution in [0.15, 0.2) is 54.6 Å². The molecule has 4 nitrogen and oxygen atoms in total. The van der Waals surface area contributed by atoms with Gasteiger partial charge in [-0.15, -0.1) is 0 Å². The van der Waals surface area contributed by atoms with Crippen LogP contribution in [0.5, 0.6) is 11.5 Å². The molecule has 0 aliphatic carbocycles. The molecule has 0 saturated heterocycles. The van der Waals surface area contributed by atoms with Gasteiger partial charge in [0, 0.05) is 11.7 Å². The van der Waals surface area contributed by atoms with Crippen LogP contribution >= 0.6 is 0 Å². The van der Waals surface area contributed by atoms with Crippen molar-refractivity contribution in [1.82, 2.24) is 0 Å². The summed E-state index contributed by atoms with van der Waals surface area (Å²) >= 11 is 0. The minimum absolute atomic E-state index is 0.0427. The Morgan fingerprint density at radius 2 is 1.59 bits per heavy atom. The van der Waals surface area contributed by atoms with Crippen LogP contribution in [0.1, 0.15) is 13.8 Å². The van der Waals surface area contributed by atoms with Crippen molar-refractivity contribution in [3.8, 4) is 11.5 Å². The molecule has 0 aliphatic rings. The molecule has 0 bridgehead atoms. The Morgan fingerprint density at radius 3 is 2.18 bits per heavy atom. The highest BCUT2D eigenvalue weighted by Gasteiger charge is 2.20. The number of aromatic hydroxyl groups is 1. The van der Waals surface area contributed by atoms with Gasteiger partial charge in [-0.1, -0.05) is 18.2 Å². The summed E-state index contributed by atoms with van der Waals surface area (Å²) in [5.74, 6) is 1.06. The maximum absolute atomic E-state index is 9.52. The fourth-order valence-corrected chi connectivity index (χ4v) is 2.47. The maximum atomic E-state index is 9.52. The van der Waals surface area contributed by atoms with Gasteiger partial charge in [0.15, 0.2) is 0 Å².